The third-order valence-electron chi connectivity index (χ3n) is 4.82. The number of benzene rings is 1. The molecule has 25 heavy (non-hydrogen) atoms. The van der Waals surface area contributed by atoms with Gasteiger partial charge in [0.25, 0.3) is 11.8 Å². The first-order valence-corrected chi connectivity index (χ1v) is 8.84. The quantitative estimate of drug-likeness (QED) is 0.896. The van der Waals surface area contributed by atoms with Crippen LogP contribution in [0.2, 0.25) is 0 Å². The molecule has 6 nitrogen and oxygen atoms in total. The van der Waals surface area contributed by atoms with Crippen molar-refractivity contribution in [2.75, 3.05) is 0 Å². The molecule has 1 aromatic carbocycles. The summed E-state index contributed by atoms with van der Waals surface area (Å²) in [5.41, 5.74) is 3.21. The van der Waals surface area contributed by atoms with Crippen LogP contribution in [-0.4, -0.2) is 27.6 Å². The minimum Gasteiger partial charge on any atom is -0.349 e. The molecule has 0 bridgehead atoms. The number of nitrogens with one attached hydrogen (secondary N) is 2. The van der Waals surface area contributed by atoms with E-state index in [9.17, 15) is 9.59 Å². The zero-order valence-electron chi connectivity index (χ0n) is 14.3. The first kappa shape index (κ1) is 15.9. The summed E-state index contributed by atoms with van der Waals surface area (Å²) in [5, 5.41) is 10.5. The standard InChI is InChI=1S/C19H22N4O2/c1-23-11-15-16(6-3-7-17(15)22-23)21-19(25)13-5-2-4-12(10-13)18(24)20-14-8-9-14/h2,4-5,10-11,14,16H,3,6-9H2,1H3,(H,20,24)(H,21,25)/t16-/m0/s1. The molecule has 2 aromatic rings. The van der Waals surface area contributed by atoms with Gasteiger partial charge in [-0.3, -0.25) is 14.3 Å². The minimum atomic E-state index is -0.150. The summed E-state index contributed by atoms with van der Waals surface area (Å²) in [6, 6.07) is 7.20. The summed E-state index contributed by atoms with van der Waals surface area (Å²) in [4.78, 5) is 24.8. The fourth-order valence-electron chi connectivity index (χ4n) is 3.36. The molecule has 0 saturated heterocycles. The molecule has 6 heteroatoms. The third kappa shape index (κ3) is 3.43. The molecule has 0 aliphatic heterocycles. The zero-order chi connectivity index (χ0) is 17.4. The van der Waals surface area contributed by atoms with Gasteiger partial charge in [0.15, 0.2) is 0 Å². The van der Waals surface area contributed by atoms with Crippen LogP contribution in [0.3, 0.4) is 0 Å². The van der Waals surface area contributed by atoms with Gasteiger partial charge in [0.1, 0.15) is 0 Å². The van der Waals surface area contributed by atoms with Crippen LogP contribution < -0.4 is 10.6 Å². The van der Waals surface area contributed by atoms with Gasteiger partial charge >= 0.3 is 0 Å². The van der Waals surface area contributed by atoms with Gasteiger partial charge in [0.2, 0.25) is 0 Å². The molecule has 1 atom stereocenters. The molecule has 2 aliphatic carbocycles. The number of nitrogens with zero attached hydrogens (tertiary/aromatic N) is 2. The Bertz CT molecular complexity index is 823. The van der Waals surface area contributed by atoms with E-state index in [-0.39, 0.29) is 17.9 Å². The van der Waals surface area contributed by atoms with E-state index in [1.54, 1.807) is 28.9 Å². The number of hydrogen-bond acceptors (Lipinski definition) is 3. The highest BCUT2D eigenvalue weighted by atomic mass is 16.2. The lowest BCUT2D eigenvalue weighted by Gasteiger charge is -2.22. The Labute approximate surface area is 146 Å². The van der Waals surface area contributed by atoms with E-state index in [1.165, 1.54) is 0 Å². The minimum absolute atomic E-state index is 0.0195. The van der Waals surface area contributed by atoms with Crippen molar-refractivity contribution in [3.8, 4) is 0 Å². The van der Waals surface area contributed by atoms with Crippen molar-refractivity contribution in [2.24, 2.45) is 7.05 Å². The average Bonchev–Trinajstić information content (AvgIpc) is 3.33. The number of fused-ring (bicyclic) bond motifs is 1. The second kappa shape index (κ2) is 6.35. The Morgan fingerprint density at radius 2 is 1.84 bits per heavy atom. The fourth-order valence-corrected chi connectivity index (χ4v) is 3.36. The van der Waals surface area contributed by atoms with E-state index < -0.39 is 0 Å². The predicted octanol–water partition coefficient (Wildman–Crippen LogP) is 2.12. The molecular weight excluding hydrogens is 316 g/mol. The van der Waals surface area contributed by atoms with Crippen LogP contribution in [0, 0.1) is 0 Å². The number of carbonyl (C=O) groups excluding carboxylic acids is 2. The van der Waals surface area contributed by atoms with Gasteiger partial charge in [-0.15, -0.1) is 0 Å². The third-order valence-corrected chi connectivity index (χ3v) is 4.82. The molecule has 2 amide bonds. The molecular formula is C19H22N4O2. The number of aryl methyl sites for hydroxylation is 2. The molecule has 0 radical (unpaired) electrons. The van der Waals surface area contributed by atoms with Crippen molar-refractivity contribution in [1.29, 1.82) is 0 Å². The SMILES string of the molecule is Cn1cc2c(n1)CCC[C@@H]2NC(=O)c1cccc(C(=O)NC2CC2)c1. The number of amides is 2. The second-order valence-corrected chi connectivity index (χ2v) is 6.95. The van der Waals surface area contributed by atoms with Gasteiger partial charge in [0.05, 0.1) is 11.7 Å². The fraction of sp³-hybridized carbons (Fsp3) is 0.421. The van der Waals surface area contributed by atoms with Gasteiger partial charge < -0.3 is 10.6 Å². The van der Waals surface area contributed by atoms with E-state index in [4.69, 9.17) is 0 Å². The predicted molar refractivity (Wildman–Crippen MR) is 93.3 cm³/mol. The van der Waals surface area contributed by atoms with Crippen LogP contribution in [0.4, 0.5) is 0 Å². The van der Waals surface area contributed by atoms with Crippen molar-refractivity contribution in [2.45, 2.75) is 44.2 Å². The summed E-state index contributed by atoms with van der Waals surface area (Å²) in [5.74, 6) is -0.257. The van der Waals surface area contributed by atoms with Crippen molar-refractivity contribution in [3.05, 3.63) is 52.8 Å². The molecule has 2 aliphatic rings. The van der Waals surface area contributed by atoms with Crippen LogP contribution in [0.15, 0.2) is 30.5 Å². The zero-order valence-corrected chi connectivity index (χ0v) is 14.3. The summed E-state index contributed by atoms with van der Waals surface area (Å²) in [7, 11) is 1.90. The van der Waals surface area contributed by atoms with E-state index in [0.29, 0.717) is 17.2 Å². The smallest absolute Gasteiger partial charge is 0.251 e. The summed E-state index contributed by atoms with van der Waals surface area (Å²) >= 11 is 0. The lowest BCUT2D eigenvalue weighted by molar-refractivity contribution is 0.0932. The first-order valence-electron chi connectivity index (χ1n) is 8.84. The molecule has 1 heterocycles. The highest BCUT2D eigenvalue weighted by molar-refractivity contribution is 6.00. The summed E-state index contributed by atoms with van der Waals surface area (Å²) in [6.45, 7) is 0. The van der Waals surface area contributed by atoms with Crippen LogP contribution >= 0.6 is 0 Å². The van der Waals surface area contributed by atoms with E-state index in [1.807, 2.05) is 13.2 Å². The number of rotatable bonds is 4. The van der Waals surface area contributed by atoms with Crippen LogP contribution in [0.1, 0.15) is 63.7 Å². The normalized spacial score (nSPS) is 19.2. The highest BCUT2D eigenvalue weighted by Crippen LogP contribution is 2.29. The van der Waals surface area contributed by atoms with Crippen LogP contribution in [0.5, 0.6) is 0 Å². The van der Waals surface area contributed by atoms with E-state index in [0.717, 1.165) is 43.4 Å². The lowest BCUT2D eigenvalue weighted by Crippen LogP contribution is -2.31. The van der Waals surface area contributed by atoms with Gasteiger partial charge in [-0.1, -0.05) is 6.07 Å². The molecule has 130 valence electrons. The van der Waals surface area contributed by atoms with Crippen molar-refractivity contribution in [1.82, 2.24) is 20.4 Å². The Morgan fingerprint density at radius 3 is 2.56 bits per heavy atom. The molecule has 1 fully saturated rings. The molecule has 4 rings (SSSR count). The molecule has 1 saturated carbocycles. The van der Waals surface area contributed by atoms with Gasteiger partial charge in [0, 0.05) is 36.0 Å². The topological polar surface area (TPSA) is 76.0 Å². The number of aromatic nitrogens is 2. The summed E-state index contributed by atoms with van der Waals surface area (Å²) < 4.78 is 1.80. The molecule has 2 N–H and O–H groups in total. The number of hydrogen-bond donors (Lipinski definition) is 2. The Hall–Kier alpha value is -2.63. The second-order valence-electron chi connectivity index (χ2n) is 6.95. The van der Waals surface area contributed by atoms with Crippen molar-refractivity contribution >= 4 is 11.8 Å². The van der Waals surface area contributed by atoms with E-state index in [2.05, 4.69) is 15.7 Å². The maximum Gasteiger partial charge on any atom is 0.251 e. The largest absolute Gasteiger partial charge is 0.349 e. The Balaban J connectivity index is 1.49. The monoisotopic (exact) mass is 338 g/mol. The first-order chi connectivity index (χ1) is 12.1. The maximum atomic E-state index is 12.7. The Kier molecular flexibility index (Phi) is 4.03. The van der Waals surface area contributed by atoms with Gasteiger partial charge in [-0.05, 0) is 50.3 Å². The summed E-state index contributed by atoms with van der Waals surface area (Å²) in [6.07, 6.45) is 6.95. The number of carbonyl (C=O) groups is 2. The molecule has 1 aromatic heterocycles. The van der Waals surface area contributed by atoms with E-state index >= 15 is 0 Å². The van der Waals surface area contributed by atoms with Gasteiger partial charge in [-0.25, -0.2) is 0 Å². The van der Waals surface area contributed by atoms with Crippen molar-refractivity contribution in [3.63, 3.8) is 0 Å². The highest BCUT2D eigenvalue weighted by Gasteiger charge is 2.26. The molecule has 0 unspecified atom stereocenters. The Morgan fingerprint density at radius 1 is 1.12 bits per heavy atom. The van der Waals surface area contributed by atoms with Crippen LogP contribution in [-0.2, 0) is 13.5 Å². The molecule has 0 spiro atoms. The maximum absolute atomic E-state index is 12.7. The average molecular weight is 338 g/mol. The van der Waals surface area contributed by atoms with Gasteiger partial charge in [-0.2, -0.15) is 5.10 Å². The van der Waals surface area contributed by atoms with Crippen molar-refractivity contribution < 1.29 is 9.59 Å². The lowest BCUT2D eigenvalue weighted by atomic mass is 9.93. The van der Waals surface area contributed by atoms with Crippen LogP contribution in [0.25, 0.3) is 0 Å².